The first-order valence-electron chi connectivity index (χ1n) is 3.37. The number of hydrogen-bond acceptors (Lipinski definition) is 1. The minimum absolute atomic E-state index is 0.227. The zero-order valence-corrected chi connectivity index (χ0v) is 5.97. The predicted molar refractivity (Wildman–Crippen MR) is 39.3 cm³/mol. The van der Waals surface area contributed by atoms with E-state index in [1.165, 1.54) is 0 Å². The maximum absolute atomic E-state index is 10.1. The van der Waals surface area contributed by atoms with Crippen molar-refractivity contribution in [2.75, 3.05) is 0 Å². The van der Waals surface area contributed by atoms with E-state index in [0.29, 0.717) is 0 Å². The Hall–Kier alpha value is -0.590. The molecule has 0 amide bonds. The van der Waals surface area contributed by atoms with Crippen molar-refractivity contribution in [2.24, 2.45) is 5.92 Å². The van der Waals surface area contributed by atoms with Crippen molar-refractivity contribution in [3.63, 3.8) is 0 Å². The molecule has 0 saturated heterocycles. The highest BCUT2D eigenvalue weighted by Crippen LogP contribution is 2.04. The fourth-order valence-electron chi connectivity index (χ4n) is 0.652. The van der Waals surface area contributed by atoms with Crippen LogP contribution < -0.4 is 0 Å². The van der Waals surface area contributed by atoms with Gasteiger partial charge in [-0.3, -0.25) is 0 Å². The maximum atomic E-state index is 10.1. The van der Waals surface area contributed by atoms with Gasteiger partial charge >= 0.3 is 0 Å². The van der Waals surface area contributed by atoms with Crippen molar-refractivity contribution in [3.05, 3.63) is 12.7 Å². The molecule has 1 nitrogen and oxygen atoms in total. The van der Waals surface area contributed by atoms with Crippen molar-refractivity contribution < 1.29 is 4.79 Å². The molecule has 0 fully saturated rings. The van der Waals surface area contributed by atoms with E-state index in [4.69, 9.17) is 0 Å². The summed E-state index contributed by atoms with van der Waals surface area (Å²) in [6, 6.07) is 0. The standard InChI is InChI=1S/C8H14O/c1-3-4-5-6-8(2)7-9/h3,7-8H,1,4-6H2,2H3/t8-/m1/s1. The number of allylic oxidation sites excluding steroid dienone is 1. The summed E-state index contributed by atoms with van der Waals surface area (Å²) in [5, 5.41) is 0. The first-order valence-corrected chi connectivity index (χ1v) is 3.37. The van der Waals surface area contributed by atoms with Gasteiger partial charge in [0.1, 0.15) is 6.29 Å². The maximum Gasteiger partial charge on any atom is 0.122 e. The lowest BCUT2D eigenvalue weighted by Crippen LogP contribution is -1.93. The zero-order valence-electron chi connectivity index (χ0n) is 5.97. The lowest BCUT2D eigenvalue weighted by Gasteiger charge is -1.98. The fraction of sp³-hybridized carbons (Fsp3) is 0.625. The van der Waals surface area contributed by atoms with Crippen LogP contribution >= 0.6 is 0 Å². The minimum atomic E-state index is 0.227. The van der Waals surface area contributed by atoms with E-state index < -0.39 is 0 Å². The number of aldehydes is 1. The molecule has 0 spiro atoms. The van der Waals surface area contributed by atoms with Gasteiger partial charge in [0.25, 0.3) is 0 Å². The van der Waals surface area contributed by atoms with Gasteiger partial charge in [-0.05, 0) is 19.3 Å². The van der Waals surface area contributed by atoms with Crippen LogP contribution in [-0.2, 0) is 4.79 Å². The van der Waals surface area contributed by atoms with E-state index in [9.17, 15) is 4.79 Å². The number of carbonyl (C=O) groups is 1. The van der Waals surface area contributed by atoms with E-state index in [1.807, 2.05) is 13.0 Å². The van der Waals surface area contributed by atoms with Gasteiger partial charge in [-0.15, -0.1) is 6.58 Å². The van der Waals surface area contributed by atoms with E-state index in [-0.39, 0.29) is 5.92 Å². The van der Waals surface area contributed by atoms with Gasteiger partial charge in [-0.25, -0.2) is 0 Å². The molecule has 0 heterocycles. The molecule has 0 aromatic rings. The highest BCUT2D eigenvalue weighted by atomic mass is 16.1. The first-order chi connectivity index (χ1) is 4.31. The first kappa shape index (κ1) is 8.41. The summed E-state index contributed by atoms with van der Waals surface area (Å²) in [6.07, 6.45) is 6.00. The molecule has 0 rings (SSSR count). The molecule has 0 saturated carbocycles. The normalized spacial score (nSPS) is 12.6. The van der Waals surface area contributed by atoms with Gasteiger partial charge in [0, 0.05) is 5.92 Å². The second-order valence-corrected chi connectivity index (χ2v) is 2.33. The summed E-state index contributed by atoms with van der Waals surface area (Å²) < 4.78 is 0. The molecule has 0 N–H and O–H groups in total. The van der Waals surface area contributed by atoms with Crippen molar-refractivity contribution >= 4 is 6.29 Å². The number of unbranched alkanes of at least 4 members (excludes halogenated alkanes) is 1. The molecular formula is C8H14O. The topological polar surface area (TPSA) is 17.1 Å². The smallest absolute Gasteiger partial charge is 0.122 e. The van der Waals surface area contributed by atoms with Gasteiger partial charge in [0.2, 0.25) is 0 Å². The van der Waals surface area contributed by atoms with Gasteiger partial charge in [0.15, 0.2) is 0 Å². The van der Waals surface area contributed by atoms with E-state index >= 15 is 0 Å². The lowest BCUT2D eigenvalue weighted by atomic mass is 10.1. The fourth-order valence-corrected chi connectivity index (χ4v) is 0.652. The van der Waals surface area contributed by atoms with E-state index in [2.05, 4.69) is 6.58 Å². The van der Waals surface area contributed by atoms with Crippen LogP contribution in [0.3, 0.4) is 0 Å². The van der Waals surface area contributed by atoms with Gasteiger partial charge < -0.3 is 4.79 Å². The van der Waals surface area contributed by atoms with Crippen LogP contribution in [0, 0.1) is 5.92 Å². The molecule has 0 aliphatic carbocycles. The summed E-state index contributed by atoms with van der Waals surface area (Å²) in [5.74, 6) is 0.227. The van der Waals surface area contributed by atoms with Crippen LogP contribution in [0.5, 0.6) is 0 Å². The number of rotatable bonds is 5. The third-order valence-corrected chi connectivity index (χ3v) is 1.30. The Balaban J connectivity index is 3.05. The van der Waals surface area contributed by atoms with Gasteiger partial charge in [0.05, 0.1) is 0 Å². The lowest BCUT2D eigenvalue weighted by molar-refractivity contribution is -0.110. The van der Waals surface area contributed by atoms with Crippen molar-refractivity contribution in [1.29, 1.82) is 0 Å². The molecule has 0 aliphatic heterocycles. The Morgan fingerprint density at radius 3 is 2.78 bits per heavy atom. The van der Waals surface area contributed by atoms with Gasteiger partial charge in [-0.1, -0.05) is 13.0 Å². The molecule has 1 heteroatoms. The predicted octanol–water partition coefficient (Wildman–Crippen LogP) is 2.18. The minimum Gasteiger partial charge on any atom is -0.303 e. The Labute approximate surface area is 56.8 Å². The van der Waals surface area contributed by atoms with E-state index in [1.54, 1.807) is 0 Å². The zero-order chi connectivity index (χ0) is 7.11. The van der Waals surface area contributed by atoms with Crippen molar-refractivity contribution in [3.8, 4) is 0 Å². The molecular weight excluding hydrogens is 112 g/mol. The highest BCUT2D eigenvalue weighted by molar-refractivity contribution is 5.52. The largest absolute Gasteiger partial charge is 0.303 e. The Morgan fingerprint density at radius 2 is 2.33 bits per heavy atom. The molecule has 0 unspecified atom stereocenters. The molecule has 0 aliphatic rings. The Kier molecular flexibility index (Phi) is 5.18. The van der Waals surface area contributed by atoms with Crippen LogP contribution in [0.2, 0.25) is 0 Å². The van der Waals surface area contributed by atoms with Crippen LogP contribution in [0.25, 0.3) is 0 Å². The SMILES string of the molecule is C=CCCC[C@@H](C)C=O. The van der Waals surface area contributed by atoms with E-state index in [0.717, 1.165) is 25.5 Å². The molecule has 0 aromatic carbocycles. The third kappa shape index (κ3) is 5.28. The summed E-state index contributed by atoms with van der Waals surface area (Å²) in [6.45, 7) is 5.54. The molecule has 1 atom stereocenters. The third-order valence-electron chi connectivity index (χ3n) is 1.30. The molecule has 0 radical (unpaired) electrons. The molecule has 0 bridgehead atoms. The van der Waals surface area contributed by atoms with Crippen LogP contribution in [0.15, 0.2) is 12.7 Å². The highest BCUT2D eigenvalue weighted by Gasteiger charge is 1.95. The summed E-state index contributed by atoms with van der Waals surface area (Å²) in [7, 11) is 0. The molecule has 9 heavy (non-hydrogen) atoms. The monoisotopic (exact) mass is 126 g/mol. The van der Waals surface area contributed by atoms with Crippen LogP contribution in [-0.4, -0.2) is 6.29 Å². The van der Waals surface area contributed by atoms with Crippen molar-refractivity contribution in [1.82, 2.24) is 0 Å². The molecule has 52 valence electrons. The van der Waals surface area contributed by atoms with Crippen LogP contribution in [0.4, 0.5) is 0 Å². The average Bonchev–Trinajstić information content (AvgIpc) is 1.89. The summed E-state index contributed by atoms with van der Waals surface area (Å²) in [4.78, 5) is 10.1. The van der Waals surface area contributed by atoms with Crippen LogP contribution in [0.1, 0.15) is 26.2 Å². The second-order valence-electron chi connectivity index (χ2n) is 2.33. The molecule has 0 aromatic heterocycles. The second kappa shape index (κ2) is 5.54. The van der Waals surface area contributed by atoms with Gasteiger partial charge in [-0.2, -0.15) is 0 Å². The number of carbonyl (C=O) groups excluding carboxylic acids is 1. The average molecular weight is 126 g/mol. The number of hydrogen-bond donors (Lipinski definition) is 0. The summed E-state index contributed by atoms with van der Waals surface area (Å²) in [5.41, 5.74) is 0. The quantitative estimate of drug-likeness (QED) is 0.313. The summed E-state index contributed by atoms with van der Waals surface area (Å²) >= 11 is 0. The Morgan fingerprint density at radius 1 is 1.67 bits per heavy atom. The Bertz CT molecular complexity index is 86.6. The van der Waals surface area contributed by atoms with Crippen molar-refractivity contribution in [2.45, 2.75) is 26.2 Å².